The second-order valence-electron chi connectivity index (χ2n) is 6.37. The van der Waals surface area contributed by atoms with Gasteiger partial charge in [0.2, 0.25) is 0 Å². The van der Waals surface area contributed by atoms with Crippen LogP contribution in [0.4, 0.5) is 11.6 Å². The molecule has 1 aromatic carbocycles. The normalized spacial score (nSPS) is 11.9. The lowest BCUT2D eigenvalue weighted by atomic mass is 10.1. The fourth-order valence-corrected chi connectivity index (χ4v) is 3.19. The Morgan fingerprint density at radius 3 is 2.72 bits per heavy atom. The number of benzene rings is 1. The van der Waals surface area contributed by atoms with E-state index in [1.54, 1.807) is 27.4 Å². The van der Waals surface area contributed by atoms with Crippen LogP contribution >= 0.6 is 0 Å². The van der Waals surface area contributed by atoms with E-state index in [1.165, 1.54) is 6.33 Å². The van der Waals surface area contributed by atoms with E-state index < -0.39 is 6.04 Å². The molecule has 0 saturated carbocycles. The zero-order chi connectivity index (χ0) is 20.4. The van der Waals surface area contributed by atoms with Crippen molar-refractivity contribution < 1.29 is 0 Å². The summed E-state index contributed by atoms with van der Waals surface area (Å²) in [7, 11) is 0. The Bertz CT molecular complexity index is 1270. The molecular weight excluding hydrogens is 368 g/mol. The number of rotatable bonds is 5. The van der Waals surface area contributed by atoms with Crippen LogP contribution in [0.5, 0.6) is 0 Å². The number of nitrogens with two attached hydrogens (primary N) is 1. The summed E-state index contributed by atoms with van der Waals surface area (Å²) in [6.45, 7) is 1.95. The van der Waals surface area contributed by atoms with E-state index in [-0.39, 0.29) is 16.9 Å². The molecule has 9 nitrogen and oxygen atoms in total. The van der Waals surface area contributed by atoms with Gasteiger partial charge in [-0.05, 0) is 30.7 Å². The van der Waals surface area contributed by atoms with Crippen molar-refractivity contribution in [3.63, 3.8) is 0 Å². The predicted octanol–water partition coefficient (Wildman–Crippen LogP) is 2.29. The highest BCUT2D eigenvalue weighted by atomic mass is 16.1. The first-order valence-electron chi connectivity index (χ1n) is 9.06. The van der Waals surface area contributed by atoms with Crippen molar-refractivity contribution in [3.8, 4) is 11.8 Å². The molecule has 0 saturated heterocycles. The molecule has 3 aromatic heterocycles. The number of nitrogens with one attached hydrogen (secondary N) is 1. The van der Waals surface area contributed by atoms with Gasteiger partial charge in [-0.15, -0.1) is 0 Å². The van der Waals surface area contributed by atoms with Gasteiger partial charge >= 0.3 is 0 Å². The van der Waals surface area contributed by atoms with E-state index in [0.29, 0.717) is 29.3 Å². The molecule has 4 rings (SSSR count). The molecule has 4 aromatic rings. The van der Waals surface area contributed by atoms with Crippen molar-refractivity contribution in [2.24, 2.45) is 0 Å². The van der Waals surface area contributed by atoms with E-state index >= 15 is 0 Å². The highest BCUT2D eigenvalue weighted by molar-refractivity contribution is 5.62. The van der Waals surface area contributed by atoms with Gasteiger partial charge in [-0.2, -0.15) is 10.4 Å². The number of hydrogen-bond donors (Lipinski definition) is 2. The number of para-hydroxylation sites is 1. The third-order valence-electron chi connectivity index (χ3n) is 4.62. The van der Waals surface area contributed by atoms with Crippen molar-refractivity contribution in [1.29, 1.82) is 5.26 Å². The molecule has 144 valence electrons. The molecule has 0 radical (unpaired) electrons. The van der Waals surface area contributed by atoms with Crippen LogP contribution in [0.15, 0.2) is 59.8 Å². The second kappa shape index (κ2) is 7.44. The van der Waals surface area contributed by atoms with Crippen molar-refractivity contribution in [1.82, 2.24) is 24.1 Å². The molecule has 3 N–H and O–H groups in total. The SMILES string of the molecule is CC[C@H](Nc1ncnc(N)c1C#N)c1nn2cccc2c(=O)n1-c1ccccc1. The standard InChI is InChI=1S/C20H18N8O/c1-2-15(25-18-14(11-21)17(22)23-12-24-18)19-26-27-10-6-9-16(27)20(29)28(19)13-7-4-3-5-8-13/h3-10,12,15H,2H2,1H3,(H3,22,23,24,25)/t15-/m0/s1. The van der Waals surface area contributed by atoms with Gasteiger partial charge in [-0.25, -0.2) is 14.5 Å². The van der Waals surface area contributed by atoms with Gasteiger partial charge < -0.3 is 11.1 Å². The van der Waals surface area contributed by atoms with Crippen LogP contribution < -0.4 is 16.6 Å². The van der Waals surface area contributed by atoms with Gasteiger partial charge in [0.1, 0.15) is 35.1 Å². The maximum Gasteiger partial charge on any atom is 0.282 e. The molecule has 0 spiro atoms. The zero-order valence-electron chi connectivity index (χ0n) is 15.6. The summed E-state index contributed by atoms with van der Waals surface area (Å²) >= 11 is 0. The Morgan fingerprint density at radius 2 is 2.00 bits per heavy atom. The Morgan fingerprint density at radius 1 is 1.21 bits per heavy atom. The molecule has 0 aliphatic heterocycles. The highest BCUT2D eigenvalue weighted by Crippen LogP contribution is 2.25. The molecule has 0 aliphatic carbocycles. The molecule has 3 heterocycles. The largest absolute Gasteiger partial charge is 0.382 e. The Labute approximate surface area is 166 Å². The Hall–Kier alpha value is -4.19. The minimum Gasteiger partial charge on any atom is -0.382 e. The Kier molecular flexibility index (Phi) is 4.66. The van der Waals surface area contributed by atoms with Gasteiger partial charge in [0.15, 0.2) is 5.82 Å². The van der Waals surface area contributed by atoms with Crippen molar-refractivity contribution >= 4 is 17.2 Å². The lowest BCUT2D eigenvalue weighted by Crippen LogP contribution is -2.30. The van der Waals surface area contributed by atoms with E-state index in [0.717, 1.165) is 0 Å². The van der Waals surface area contributed by atoms with E-state index in [4.69, 9.17) is 5.73 Å². The first kappa shape index (κ1) is 18.2. The quantitative estimate of drug-likeness (QED) is 0.539. The van der Waals surface area contributed by atoms with Crippen LogP contribution in [-0.2, 0) is 0 Å². The van der Waals surface area contributed by atoms with Crippen LogP contribution in [0.2, 0.25) is 0 Å². The van der Waals surface area contributed by atoms with Crippen LogP contribution in [0.3, 0.4) is 0 Å². The van der Waals surface area contributed by atoms with Gasteiger partial charge in [-0.3, -0.25) is 9.36 Å². The summed E-state index contributed by atoms with van der Waals surface area (Å²) in [5.41, 5.74) is 6.94. The summed E-state index contributed by atoms with van der Waals surface area (Å²) in [6, 6.07) is 14.4. The molecule has 0 unspecified atom stereocenters. The summed E-state index contributed by atoms with van der Waals surface area (Å²) in [6.07, 6.45) is 3.60. The topological polar surface area (TPSA) is 127 Å². The van der Waals surface area contributed by atoms with E-state index in [1.807, 2.05) is 43.3 Å². The molecule has 29 heavy (non-hydrogen) atoms. The van der Waals surface area contributed by atoms with Crippen LogP contribution in [0, 0.1) is 11.3 Å². The highest BCUT2D eigenvalue weighted by Gasteiger charge is 2.22. The van der Waals surface area contributed by atoms with Crippen molar-refractivity contribution in [3.05, 3.63) is 76.7 Å². The molecule has 9 heteroatoms. The smallest absolute Gasteiger partial charge is 0.282 e. The third-order valence-corrected chi connectivity index (χ3v) is 4.62. The maximum absolute atomic E-state index is 13.2. The van der Waals surface area contributed by atoms with Crippen LogP contribution in [0.1, 0.15) is 30.8 Å². The molecule has 0 amide bonds. The molecule has 0 bridgehead atoms. The van der Waals surface area contributed by atoms with Gasteiger partial charge in [0.25, 0.3) is 5.56 Å². The van der Waals surface area contributed by atoms with Crippen molar-refractivity contribution in [2.75, 3.05) is 11.1 Å². The summed E-state index contributed by atoms with van der Waals surface area (Å²) in [5, 5.41) is 17.3. The average Bonchev–Trinajstić information content (AvgIpc) is 3.22. The number of nitrogen functional groups attached to an aromatic ring is 1. The van der Waals surface area contributed by atoms with E-state index in [2.05, 4.69) is 20.4 Å². The first-order valence-corrected chi connectivity index (χ1v) is 9.06. The lowest BCUT2D eigenvalue weighted by Gasteiger charge is -2.22. The number of hydrogen-bond acceptors (Lipinski definition) is 7. The average molecular weight is 386 g/mol. The molecule has 1 atom stereocenters. The summed E-state index contributed by atoms with van der Waals surface area (Å²) < 4.78 is 3.13. The number of fused-ring (bicyclic) bond motifs is 1. The number of nitrogens with zero attached hydrogens (tertiary/aromatic N) is 6. The van der Waals surface area contributed by atoms with E-state index in [9.17, 15) is 10.1 Å². The van der Waals surface area contributed by atoms with Crippen molar-refractivity contribution in [2.45, 2.75) is 19.4 Å². The first-order chi connectivity index (χ1) is 14.1. The monoisotopic (exact) mass is 386 g/mol. The number of aromatic nitrogens is 5. The van der Waals surface area contributed by atoms with Crippen LogP contribution in [-0.4, -0.2) is 24.1 Å². The van der Waals surface area contributed by atoms with Crippen LogP contribution in [0.25, 0.3) is 11.2 Å². The van der Waals surface area contributed by atoms with Gasteiger partial charge in [0.05, 0.1) is 11.7 Å². The third kappa shape index (κ3) is 3.17. The maximum atomic E-state index is 13.2. The summed E-state index contributed by atoms with van der Waals surface area (Å²) in [4.78, 5) is 21.3. The molecule has 0 fully saturated rings. The minimum atomic E-state index is -0.406. The number of nitriles is 1. The zero-order valence-corrected chi connectivity index (χ0v) is 15.6. The van der Waals surface area contributed by atoms with Gasteiger partial charge in [-0.1, -0.05) is 25.1 Å². The fourth-order valence-electron chi connectivity index (χ4n) is 3.19. The molecule has 0 aliphatic rings. The second-order valence-corrected chi connectivity index (χ2v) is 6.37. The number of anilines is 2. The van der Waals surface area contributed by atoms with Gasteiger partial charge in [0, 0.05) is 6.20 Å². The molecular formula is C20H18N8O. The fraction of sp³-hybridized carbons (Fsp3) is 0.150. The lowest BCUT2D eigenvalue weighted by molar-refractivity contribution is 0.621. The minimum absolute atomic E-state index is 0.0918. The Balaban J connectivity index is 1.91. The summed E-state index contributed by atoms with van der Waals surface area (Å²) in [5.74, 6) is 0.885. The predicted molar refractivity (Wildman–Crippen MR) is 109 cm³/mol.